The monoisotopic (exact) mass is 235 g/mol. The number of hydrogen-bond donors (Lipinski definition) is 1. The summed E-state index contributed by atoms with van der Waals surface area (Å²) in [6.45, 7) is 3.31. The molecule has 0 aromatic carbocycles. The summed E-state index contributed by atoms with van der Waals surface area (Å²) in [7, 11) is 0. The Kier molecular flexibility index (Phi) is 3.16. The molecule has 0 spiro atoms. The normalized spacial score (nSPS) is 23.1. The lowest BCUT2D eigenvalue weighted by Gasteiger charge is -2.37. The van der Waals surface area contributed by atoms with Crippen LogP contribution in [0.25, 0.3) is 0 Å². The quantitative estimate of drug-likeness (QED) is 0.858. The summed E-state index contributed by atoms with van der Waals surface area (Å²) in [5.74, 6) is 0.493. The molecular weight excluding hydrogens is 214 g/mol. The molecule has 3 rings (SSSR count). The van der Waals surface area contributed by atoms with E-state index in [9.17, 15) is 0 Å². The fraction of sp³-hybridized carbons (Fsp3) is 0.769. The van der Waals surface area contributed by atoms with Gasteiger partial charge in [-0.05, 0) is 18.9 Å². The van der Waals surface area contributed by atoms with E-state index in [0.29, 0.717) is 18.6 Å². The summed E-state index contributed by atoms with van der Waals surface area (Å²) in [5, 5.41) is 13.6. The van der Waals surface area contributed by atoms with Crippen LogP contribution in [0.5, 0.6) is 0 Å². The molecule has 1 N–H and O–H groups in total. The molecular formula is C13H21N3O. The van der Waals surface area contributed by atoms with Crippen LogP contribution in [0.4, 0.5) is 0 Å². The Labute approximate surface area is 102 Å². The Morgan fingerprint density at radius 3 is 2.76 bits per heavy atom. The highest BCUT2D eigenvalue weighted by Gasteiger charge is 2.26. The minimum absolute atomic E-state index is 0.326. The average Bonchev–Trinajstić information content (AvgIpc) is 2.92. The van der Waals surface area contributed by atoms with Crippen LogP contribution >= 0.6 is 0 Å². The van der Waals surface area contributed by atoms with Crippen LogP contribution in [0.1, 0.15) is 37.4 Å². The van der Waals surface area contributed by atoms with E-state index in [1.807, 2.05) is 0 Å². The standard InChI is InChI=1S/C13H21N3O/c17-10-11-7-15(8-11)9-12-5-6-16(14-12)13-3-1-2-4-13/h5-6,11,13,17H,1-4,7-10H2. The molecule has 2 heterocycles. The van der Waals surface area contributed by atoms with Gasteiger partial charge in [-0.15, -0.1) is 0 Å². The second kappa shape index (κ2) is 4.78. The number of rotatable bonds is 4. The fourth-order valence-corrected chi connectivity index (χ4v) is 2.98. The third kappa shape index (κ3) is 2.38. The van der Waals surface area contributed by atoms with Crippen molar-refractivity contribution in [3.05, 3.63) is 18.0 Å². The Bertz CT molecular complexity index is 364. The third-order valence-corrected chi connectivity index (χ3v) is 4.04. The molecule has 0 atom stereocenters. The number of aliphatic hydroxyl groups excluding tert-OH is 1. The Balaban J connectivity index is 1.54. The van der Waals surface area contributed by atoms with Crippen LogP contribution in [0.2, 0.25) is 0 Å². The van der Waals surface area contributed by atoms with Gasteiger partial charge in [-0.2, -0.15) is 5.10 Å². The maximum Gasteiger partial charge on any atom is 0.0764 e. The van der Waals surface area contributed by atoms with Crippen molar-refractivity contribution in [2.45, 2.75) is 38.3 Å². The highest BCUT2D eigenvalue weighted by Crippen LogP contribution is 2.29. The first-order chi connectivity index (χ1) is 8.35. The maximum atomic E-state index is 8.97. The molecule has 0 amide bonds. The molecule has 1 saturated carbocycles. The molecule has 1 aromatic heterocycles. The van der Waals surface area contributed by atoms with Gasteiger partial charge in [-0.1, -0.05) is 12.8 Å². The summed E-state index contributed by atoms with van der Waals surface area (Å²) in [6, 6.07) is 2.79. The van der Waals surface area contributed by atoms with E-state index in [2.05, 4.69) is 26.9 Å². The second-order valence-corrected chi connectivity index (χ2v) is 5.47. The van der Waals surface area contributed by atoms with Gasteiger partial charge in [0.25, 0.3) is 0 Å². The summed E-state index contributed by atoms with van der Waals surface area (Å²) in [6.07, 6.45) is 7.41. The SMILES string of the molecule is OCC1CN(Cc2ccn(C3CCCC3)n2)C1. The zero-order valence-corrected chi connectivity index (χ0v) is 10.3. The summed E-state index contributed by atoms with van der Waals surface area (Å²) in [4.78, 5) is 2.35. The van der Waals surface area contributed by atoms with E-state index in [0.717, 1.165) is 19.6 Å². The highest BCUT2D eigenvalue weighted by molar-refractivity contribution is 5.01. The maximum absolute atomic E-state index is 8.97. The van der Waals surface area contributed by atoms with Crippen LogP contribution in [0, 0.1) is 5.92 Å². The van der Waals surface area contributed by atoms with E-state index in [1.54, 1.807) is 0 Å². The molecule has 1 aliphatic heterocycles. The van der Waals surface area contributed by atoms with Crippen molar-refractivity contribution in [1.29, 1.82) is 0 Å². The lowest BCUT2D eigenvalue weighted by Crippen LogP contribution is -2.47. The summed E-state index contributed by atoms with van der Waals surface area (Å²) in [5.41, 5.74) is 1.17. The van der Waals surface area contributed by atoms with Gasteiger partial charge in [-0.25, -0.2) is 0 Å². The van der Waals surface area contributed by atoms with Crippen LogP contribution in [0.15, 0.2) is 12.3 Å². The lowest BCUT2D eigenvalue weighted by atomic mass is 10.0. The minimum Gasteiger partial charge on any atom is -0.396 e. The van der Waals surface area contributed by atoms with Gasteiger partial charge in [0.15, 0.2) is 0 Å². The lowest BCUT2D eigenvalue weighted by molar-refractivity contribution is 0.0468. The number of nitrogens with zero attached hydrogens (tertiary/aromatic N) is 3. The average molecular weight is 235 g/mol. The second-order valence-electron chi connectivity index (χ2n) is 5.47. The largest absolute Gasteiger partial charge is 0.396 e. The van der Waals surface area contributed by atoms with Crippen LogP contribution in [0.3, 0.4) is 0 Å². The Morgan fingerprint density at radius 2 is 2.06 bits per heavy atom. The molecule has 1 saturated heterocycles. The summed E-state index contributed by atoms with van der Waals surface area (Å²) >= 11 is 0. The van der Waals surface area contributed by atoms with E-state index < -0.39 is 0 Å². The molecule has 0 bridgehead atoms. The smallest absolute Gasteiger partial charge is 0.0764 e. The van der Waals surface area contributed by atoms with Crippen molar-refractivity contribution >= 4 is 0 Å². The molecule has 2 aliphatic rings. The van der Waals surface area contributed by atoms with Crippen molar-refractivity contribution in [2.24, 2.45) is 5.92 Å². The van der Waals surface area contributed by atoms with Gasteiger partial charge in [-0.3, -0.25) is 9.58 Å². The van der Waals surface area contributed by atoms with Crippen molar-refractivity contribution < 1.29 is 5.11 Å². The van der Waals surface area contributed by atoms with Crippen LogP contribution in [-0.4, -0.2) is 39.5 Å². The molecule has 0 radical (unpaired) electrons. The van der Waals surface area contributed by atoms with Crippen LogP contribution in [-0.2, 0) is 6.54 Å². The number of hydrogen-bond acceptors (Lipinski definition) is 3. The number of aromatic nitrogens is 2. The van der Waals surface area contributed by atoms with Crippen LogP contribution < -0.4 is 0 Å². The third-order valence-electron chi connectivity index (χ3n) is 4.04. The fourth-order valence-electron chi connectivity index (χ4n) is 2.98. The molecule has 4 nitrogen and oxygen atoms in total. The Morgan fingerprint density at radius 1 is 1.29 bits per heavy atom. The first-order valence-electron chi connectivity index (χ1n) is 6.72. The first kappa shape index (κ1) is 11.2. The van der Waals surface area contributed by atoms with Crippen molar-refractivity contribution in [3.8, 4) is 0 Å². The molecule has 0 unspecified atom stereocenters. The molecule has 2 fully saturated rings. The topological polar surface area (TPSA) is 41.3 Å². The van der Waals surface area contributed by atoms with E-state index in [-0.39, 0.29) is 0 Å². The van der Waals surface area contributed by atoms with Gasteiger partial charge < -0.3 is 5.11 Å². The van der Waals surface area contributed by atoms with E-state index in [1.165, 1.54) is 31.4 Å². The molecule has 1 aromatic rings. The van der Waals surface area contributed by atoms with Gasteiger partial charge in [0.1, 0.15) is 0 Å². The van der Waals surface area contributed by atoms with Gasteiger partial charge in [0, 0.05) is 38.4 Å². The molecule has 1 aliphatic carbocycles. The minimum atomic E-state index is 0.326. The zero-order valence-electron chi connectivity index (χ0n) is 10.3. The zero-order chi connectivity index (χ0) is 11.7. The highest BCUT2D eigenvalue weighted by atomic mass is 16.3. The molecule has 4 heteroatoms. The van der Waals surface area contributed by atoms with Crippen molar-refractivity contribution in [2.75, 3.05) is 19.7 Å². The molecule has 17 heavy (non-hydrogen) atoms. The number of likely N-dealkylation sites (tertiary alicyclic amines) is 1. The van der Waals surface area contributed by atoms with E-state index in [4.69, 9.17) is 5.11 Å². The predicted molar refractivity (Wildman–Crippen MR) is 65.6 cm³/mol. The predicted octanol–water partition coefficient (Wildman–Crippen LogP) is 1.42. The number of aliphatic hydroxyl groups is 1. The summed E-state index contributed by atoms with van der Waals surface area (Å²) < 4.78 is 2.16. The van der Waals surface area contributed by atoms with Crippen molar-refractivity contribution in [3.63, 3.8) is 0 Å². The molecule has 94 valence electrons. The Hall–Kier alpha value is -0.870. The first-order valence-corrected chi connectivity index (χ1v) is 6.72. The van der Waals surface area contributed by atoms with E-state index >= 15 is 0 Å². The van der Waals surface area contributed by atoms with Crippen molar-refractivity contribution in [1.82, 2.24) is 14.7 Å². The van der Waals surface area contributed by atoms with Gasteiger partial charge in [0.2, 0.25) is 0 Å². The van der Waals surface area contributed by atoms with Gasteiger partial charge in [0.05, 0.1) is 11.7 Å². The van der Waals surface area contributed by atoms with Gasteiger partial charge >= 0.3 is 0 Å².